The SMILES string of the molecule is Cc1nc(Nc2ccccc2C)cc(C(=O)NCCc2ccc(Cl)cc2)n1. The summed E-state index contributed by atoms with van der Waals surface area (Å²) >= 11 is 5.88. The fraction of sp³-hybridized carbons (Fsp3) is 0.190. The van der Waals surface area contributed by atoms with Gasteiger partial charge in [0.2, 0.25) is 0 Å². The van der Waals surface area contributed by atoms with Crippen LogP contribution in [0.5, 0.6) is 0 Å². The minimum atomic E-state index is -0.220. The molecule has 1 heterocycles. The maximum Gasteiger partial charge on any atom is 0.270 e. The summed E-state index contributed by atoms with van der Waals surface area (Å²) in [6, 6.07) is 17.2. The Morgan fingerprint density at radius 2 is 1.78 bits per heavy atom. The van der Waals surface area contributed by atoms with Gasteiger partial charge in [0.25, 0.3) is 5.91 Å². The lowest BCUT2D eigenvalue weighted by Gasteiger charge is -2.11. The summed E-state index contributed by atoms with van der Waals surface area (Å²) in [5.41, 5.74) is 3.50. The minimum Gasteiger partial charge on any atom is -0.350 e. The number of hydrogen-bond donors (Lipinski definition) is 2. The molecule has 138 valence electrons. The normalized spacial score (nSPS) is 10.5. The zero-order valence-electron chi connectivity index (χ0n) is 15.3. The Balaban J connectivity index is 1.65. The van der Waals surface area contributed by atoms with E-state index in [1.165, 1.54) is 0 Å². The summed E-state index contributed by atoms with van der Waals surface area (Å²) < 4.78 is 0. The van der Waals surface area contributed by atoms with E-state index in [4.69, 9.17) is 11.6 Å². The lowest BCUT2D eigenvalue weighted by Crippen LogP contribution is -2.27. The standard InChI is InChI=1S/C21H21ClN4O/c1-14-5-3-4-6-18(14)26-20-13-19(24-15(2)25-20)21(27)23-12-11-16-7-9-17(22)10-8-16/h3-10,13H,11-12H2,1-2H3,(H,23,27)(H,24,25,26). The van der Waals surface area contributed by atoms with Crippen molar-refractivity contribution < 1.29 is 4.79 Å². The van der Waals surface area contributed by atoms with Crippen LogP contribution in [0.3, 0.4) is 0 Å². The summed E-state index contributed by atoms with van der Waals surface area (Å²) in [4.78, 5) is 21.1. The second-order valence-corrected chi connectivity index (χ2v) is 6.69. The highest BCUT2D eigenvalue weighted by Gasteiger charge is 2.11. The predicted molar refractivity (Wildman–Crippen MR) is 109 cm³/mol. The molecular formula is C21H21ClN4O. The average Bonchev–Trinajstić information content (AvgIpc) is 2.65. The van der Waals surface area contributed by atoms with Crippen LogP contribution in [0.4, 0.5) is 11.5 Å². The second-order valence-electron chi connectivity index (χ2n) is 6.26. The minimum absolute atomic E-state index is 0.220. The Morgan fingerprint density at radius 3 is 2.52 bits per heavy atom. The first-order chi connectivity index (χ1) is 13.0. The van der Waals surface area contributed by atoms with Gasteiger partial charge in [0.05, 0.1) is 0 Å². The summed E-state index contributed by atoms with van der Waals surface area (Å²) in [5.74, 6) is 0.915. The Bertz CT molecular complexity index is 941. The molecular weight excluding hydrogens is 360 g/mol. The highest BCUT2D eigenvalue weighted by Crippen LogP contribution is 2.19. The van der Waals surface area contributed by atoms with E-state index in [0.717, 1.165) is 23.2 Å². The largest absolute Gasteiger partial charge is 0.350 e. The number of aromatic nitrogens is 2. The molecule has 0 fully saturated rings. The Hall–Kier alpha value is -2.92. The summed E-state index contributed by atoms with van der Waals surface area (Å²) in [7, 11) is 0. The number of benzene rings is 2. The molecule has 6 heteroatoms. The Kier molecular flexibility index (Phi) is 6.04. The van der Waals surface area contributed by atoms with Gasteiger partial charge >= 0.3 is 0 Å². The molecule has 0 bridgehead atoms. The molecule has 3 rings (SSSR count). The first-order valence-corrected chi connectivity index (χ1v) is 9.10. The van der Waals surface area contributed by atoms with Gasteiger partial charge in [-0.3, -0.25) is 4.79 Å². The van der Waals surface area contributed by atoms with Crippen LogP contribution < -0.4 is 10.6 Å². The number of amides is 1. The number of halogens is 1. The van der Waals surface area contributed by atoms with Crippen molar-refractivity contribution in [1.82, 2.24) is 15.3 Å². The summed E-state index contributed by atoms with van der Waals surface area (Å²) in [5, 5.41) is 6.86. The van der Waals surface area contributed by atoms with Gasteiger partial charge in [-0.05, 0) is 49.6 Å². The molecule has 1 amide bonds. The first-order valence-electron chi connectivity index (χ1n) is 8.72. The third-order valence-electron chi connectivity index (χ3n) is 4.09. The number of nitrogens with one attached hydrogen (secondary N) is 2. The molecule has 0 spiro atoms. The molecule has 5 nitrogen and oxygen atoms in total. The van der Waals surface area contributed by atoms with Gasteiger partial charge in [0.15, 0.2) is 0 Å². The van der Waals surface area contributed by atoms with Crippen LogP contribution in [0.15, 0.2) is 54.6 Å². The van der Waals surface area contributed by atoms with Crippen LogP contribution in [0.1, 0.15) is 27.4 Å². The molecule has 0 saturated heterocycles. The van der Waals surface area contributed by atoms with Crippen molar-refractivity contribution in [3.8, 4) is 0 Å². The monoisotopic (exact) mass is 380 g/mol. The van der Waals surface area contributed by atoms with E-state index in [9.17, 15) is 4.79 Å². The third-order valence-corrected chi connectivity index (χ3v) is 4.34. The van der Waals surface area contributed by atoms with Crippen LogP contribution in [-0.4, -0.2) is 22.4 Å². The highest BCUT2D eigenvalue weighted by atomic mass is 35.5. The molecule has 0 radical (unpaired) electrons. The van der Waals surface area contributed by atoms with Gasteiger partial charge in [0, 0.05) is 23.3 Å². The average molecular weight is 381 g/mol. The number of hydrogen-bond acceptors (Lipinski definition) is 4. The molecule has 3 aromatic rings. The third kappa shape index (κ3) is 5.28. The van der Waals surface area contributed by atoms with E-state index >= 15 is 0 Å². The molecule has 0 atom stereocenters. The van der Waals surface area contributed by atoms with Gasteiger partial charge in [-0.15, -0.1) is 0 Å². The van der Waals surface area contributed by atoms with Crippen LogP contribution in [0.2, 0.25) is 5.02 Å². The molecule has 2 N–H and O–H groups in total. The second kappa shape index (κ2) is 8.64. The molecule has 0 aliphatic carbocycles. The first kappa shape index (κ1) is 18.9. The molecule has 1 aromatic heterocycles. The topological polar surface area (TPSA) is 66.9 Å². The number of nitrogens with zero attached hydrogens (tertiary/aromatic N) is 2. The maximum atomic E-state index is 12.5. The van der Waals surface area contributed by atoms with Crippen molar-refractivity contribution in [1.29, 1.82) is 0 Å². The van der Waals surface area contributed by atoms with Crippen molar-refractivity contribution in [2.75, 3.05) is 11.9 Å². The molecule has 0 saturated carbocycles. The van der Waals surface area contributed by atoms with E-state index < -0.39 is 0 Å². The quantitative estimate of drug-likeness (QED) is 0.662. The number of carbonyl (C=O) groups is 1. The van der Waals surface area contributed by atoms with E-state index in [0.29, 0.717) is 28.9 Å². The molecule has 0 aliphatic rings. The van der Waals surface area contributed by atoms with Gasteiger partial charge in [0.1, 0.15) is 17.3 Å². The smallest absolute Gasteiger partial charge is 0.270 e. The van der Waals surface area contributed by atoms with E-state index in [-0.39, 0.29) is 5.91 Å². The van der Waals surface area contributed by atoms with Crippen LogP contribution >= 0.6 is 11.6 Å². The van der Waals surface area contributed by atoms with Crippen LogP contribution in [-0.2, 0) is 6.42 Å². The van der Waals surface area contributed by atoms with Crippen LogP contribution in [0, 0.1) is 13.8 Å². The van der Waals surface area contributed by atoms with E-state index in [1.807, 2.05) is 55.5 Å². The number of para-hydroxylation sites is 1. The maximum absolute atomic E-state index is 12.5. The van der Waals surface area contributed by atoms with Crippen LogP contribution in [0.25, 0.3) is 0 Å². The molecule has 27 heavy (non-hydrogen) atoms. The number of aryl methyl sites for hydroxylation is 2. The lowest BCUT2D eigenvalue weighted by atomic mass is 10.1. The fourth-order valence-electron chi connectivity index (χ4n) is 2.66. The zero-order chi connectivity index (χ0) is 19.2. The van der Waals surface area contributed by atoms with E-state index in [2.05, 4.69) is 20.6 Å². The van der Waals surface area contributed by atoms with Crippen molar-refractivity contribution in [2.24, 2.45) is 0 Å². The van der Waals surface area contributed by atoms with Crippen molar-refractivity contribution in [2.45, 2.75) is 20.3 Å². The number of rotatable bonds is 6. The Labute approximate surface area is 163 Å². The summed E-state index contributed by atoms with van der Waals surface area (Å²) in [6.07, 6.45) is 0.724. The summed E-state index contributed by atoms with van der Waals surface area (Å²) in [6.45, 7) is 4.30. The number of anilines is 2. The van der Waals surface area contributed by atoms with Gasteiger partial charge < -0.3 is 10.6 Å². The number of carbonyl (C=O) groups excluding carboxylic acids is 1. The zero-order valence-corrected chi connectivity index (χ0v) is 16.0. The Morgan fingerprint density at radius 1 is 1.04 bits per heavy atom. The molecule has 2 aromatic carbocycles. The van der Waals surface area contributed by atoms with Gasteiger partial charge in [-0.2, -0.15) is 0 Å². The highest BCUT2D eigenvalue weighted by molar-refractivity contribution is 6.30. The van der Waals surface area contributed by atoms with Crippen molar-refractivity contribution >= 4 is 29.0 Å². The molecule has 0 unspecified atom stereocenters. The van der Waals surface area contributed by atoms with Crippen molar-refractivity contribution in [3.05, 3.63) is 82.3 Å². The van der Waals surface area contributed by atoms with Gasteiger partial charge in [-0.25, -0.2) is 9.97 Å². The van der Waals surface area contributed by atoms with E-state index in [1.54, 1.807) is 13.0 Å². The predicted octanol–water partition coefficient (Wildman–Crippen LogP) is 4.46. The fourth-order valence-corrected chi connectivity index (χ4v) is 2.79. The lowest BCUT2D eigenvalue weighted by molar-refractivity contribution is 0.0949. The van der Waals surface area contributed by atoms with Gasteiger partial charge in [-0.1, -0.05) is 41.9 Å². The van der Waals surface area contributed by atoms with Crippen molar-refractivity contribution in [3.63, 3.8) is 0 Å². The molecule has 0 aliphatic heterocycles.